The fourth-order valence-electron chi connectivity index (χ4n) is 2.32. The summed E-state index contributed by atoms with van der Waals surface area (Å²) in [5.74, 6) is 0.0140. The lowest BCUT2D eigenvalue weighted by Gasteiger charge is -2.08. The molecule has 0 saturated carbocycles. The molecule has 0 aliphatic rings. The molecule has 0 unspecified atom stereocenters. The third kappa shape index (κ3) is 6.29. The van der Waals surface area contributed by atoms with Crippen LogP contribution in [0.4, 0.5) is 0 Å². The highest BCUT2D eigenvalue weighted by Crippen LogP contribution is 2.23. The Morgan fingerprint density at radius 2 is 1.66 bits per heavy atom. The van der Waals surface area contributed by atoms with Crippen molar-refractivity contribution in [2.75, 3.05) is 6.61 Å². The van der Waals surface area contributed by atoms with E-state index in [2.05, 4.69) is 26.5 Å². The number of nitrogens with one attached hydrogen (secondary N) is 1. The van der Waals surface area contributed by atoms with Crippen LogP contribution in [0.1, 0.15) is 15.9 Å². The first kappa shape index (κ1) is 20.3. The number of nitrogens with zero attached hydrogens (tertiary/aromatic N) is 1. The molecule has 0 saturated heterocycles. The number of amides is 1. The van der Waals surface area contributed by atoms with E-state index < -0.39 is 11.9 Å². The number of ether oxygens (including phenoxy) is 2. The highest BCUT2D eigenvalue weighted by atomic mass is 79.9. The molecule has 146 valence electrons. The van der Waals surface area contributed by atoms with Crippen LogP contribution in [0.3, 0.4) is 0 Å². The molecule has 29 heavy (non-hydrogen) atoms. The fourth-order valence-corrected chi connectivity index (χ4v) is 2.70. The normalized spacial score (nSPS) is 10.5. The van der Waals surface area contributed by atoms with Gasteiger partial charge in [0.1, 0.15) is 11.5 Å². The smallest absolute Gasteiger partial charge is 0.343 e. The van der Waals surface area contributed by atoms with Gasteiger partial charge in [-0.05, 0) is 42.5 Å². The minimum absolute atomic E-state index is 0.171. The van der Waals surface area contributed by atoms with Gasteiger partial charge in [0.05, 0.1) is 11.8 Å². The van der Waals surface area contributed by atoms with Gasteiger partial charge in [0, 0.05) is 10.0 Å². The second-order valence-electron chi connectivity index (χ2n) is 5.83. The van der Waals surface area contributed by atoms with Crippen LogP contribution in [-0.2, 0) is 4.79 Å². The molecule has 3 rings (SSSR count). The van der Waals surface area contributed by atoms with Crippen LogP contribution >= 0.6 is 15.9 Å². The van der Waals surface area contributed by atoms with Crippen molar-refractivity contribution in [2.45, 2.75) is 0 Å². The van der Waals surface area contributed by atoms with Gasteiger partial charge in [0.2, 0.25) is 0 Å². The van der Waals surface area contributed by atoms with Gasteiger partial charge in [-0.25, -0.2) is 10.2 Å². The molecule has 3 aromatic rings. The Balaban J connectivity index is 1.61. The zero-order valence-corrected chi connectivity index (χ0v) is 16.8. The van der Waals surface area contributed by atoms with Crippen LogP contribution in [0.2, 0.25) is 0 Å². The van der Waals surface area contributed by atoms with Crippen molar-refractivity contribution >= 4 is 34.0 Å². The summed E-state index contributed by atoms with van der Waals surface area (Å²) in [5.41, 5.74) is 3.34. The molecular formula is C22H17BrN2O4. The Morgan fingerprint density at radius 3 is 2.38 bits per heavy atom. The van der Waals surface area contributed by atoms with Crippen molar-refractivity contribution < 1.29 is 19.1 Å². The molecule has 7 heteroatoms. The lowest BCUT2D eigenvalue weighted by atomic mass is 10.2. The molecule has 0 spiro atoms. The fraction of sp³-hybridized carbons (Fsp3) is 0.0455. The summed E-state index contributed by atoms with van der Waals surface area (Å²) in [6, 6.07) is 22.8. The average Bonchev–Trinajstić information content (AvgIpc) is 2.75. The predicted molar refractivity (Wildman–Crippen MR) is 113 cm³/mol. The molecule has 3 aromatic carbocycles. The predicted octanol–water partition coefficient (Wildman–Crippen LogP) is 4.20. The highest BCUT2D eigenvalue weighted by molar-refractivity contribution is 9.10. The third-order valence-electron chi connectivity index (χ3n) is 3.69. The van der Waals surface area contributed by atoms with Gasteiger partial charge in [-0.2, -0.15) is 5.10 Å². The Bertz CT molecular complexity index is 1010. The maximum atomic E-state index is 12.3. The summed E-state index contributed by atoms with van der Waals surface area (Å²) >= 11 is 3.37. The number of carbonyl (C=O) groups excluding carboxylic acids is 2. The third-order valence-corrected chi connectivity index (χ3v) is 4.18. The van der Waals surface area contributed by atoms with E-state index in [9.17, 15) is 9.59 Å². The van der Waals surface area contributed by atoms with E-state index in [0.717, 1.165) is 4.47 Å². The SMILES string of the molecule is O=C(COc1ccccc1)N/N=C\c1cc(Br)ccc1OC(=O)c1ccccc1. The van der Waals surface area contributed by atoms with Gasteiger partial charge < -0.3 is 9.47 Å². The Kier molecular flexibility index (Phi) is 7.13. The van der Waals surface area contributed by atoms with E-state index in [4.69, 9.17) is 9.47 Å². The van der Waals surface area contributed by atoms with E-state index in [1.165, 1.54) is 6.21 Å². The van der Waals surface area contributed by atoms with Crippen LogP contribution in [0.15, 0.2) is 88.4 Å². The highest BCUT2D eigenvalue weighted by Gasteiger charge is 2.11. The summed E-state index contributed by atoms with van der Waals surface area (Å²) in [5, 5.41) is 3.92. The number of hydrogen-bond donors (Lipinski definition) is 1. The van der Waals surface area contributed by atoms with Crippen molar-refractivity contribution in [2.24, 2.45) is 5.10 Å². The molecule has 0 bridgehead atoms. The molecular weight excluding hydrogens is 436 g/mol. The summed E-state index contributed by atoms with van der Waals surface area (Å²) in [6.45, 7) is -0.171. The maximum Gasteiger partial charge on any atom is 0.343 e. The second kappa shape index (κ2) is 10.2. The van der Waals surface area contributed by atoms with Gasteiger partial charge >= 0.3 is 5.97 Å². The molecule has 0 heterocycles. The molecule has 1 amide bonds. The van der Waals surface area contributed by atoms with Gasteiger partial charge in [0.25, 0.3) is 5.91 Å². The number of carbonyl (C=O) groups is 2. The summed E-state index contributed by atoms with van der Waals surface area (Å²) in [4.78, 5) is 24.2. The number of esters is 1. The zero-order valence-electron chi connectivity index (χ0n) is 15.2. The van der Waals surface area contributed by atoms with Gasteiger partial charge in [-0.3, -0.25) is 4.79 Å². The molecule has 0 aliphatic heterocycles. The van der Waals surface area contributed by atoms with Crippen molar-refractivity contribution in [3.63, 3.8) is 0 Å². The largest absolute Gasteiger partial charge is 0.484 e. The lowest BCUT2D eigenvalue weighted by Crippen LogP contribution is -2.24. The van der Waals surface area contributed by atoms with E-state index >= 15 is 0 Å². The standard InChI is InChI=1S/C22H17BrN2O4/c23-18-11-12-20(29-22(27)16-7-3-1-4-8-16)17(13-18)14-24-25-21(26)15-28-19-9-5-2-6-10-19/h1-14H,15H2,(H,25,26)/b24-14-. The molecule has 0 radical (unpaired) electrons. The summed E-state index contributed by atoms with van der Waals surface area (Å²) in [6.07, 6.45) is 1.40. The first-order valence-corrected chi connectivity index (χ1v) is 9.47. The molecule has 0 fully saturated rings. The van der Waals surface area contributed by atoms with Crippen LogP contribution in [-0.4, -0.2) is 24.7 Å². The van der Waals surface area contributed by atoms with Crippen molar-refractivity contribution in [3.8, 4) is 11.5 Å². The number of benzene rings is 3. The topological polar surface area (TPSA) is 77.0 Å². The van der Waals surface area contributed by atoms with Crippen LogP contribution in [0.5, 0.6) is 11.5 Å². The lowest BCUT2D eigenvalue weighted by molar-refractivity contribution is -0.123. The Morgan fingerprint density at radius 1 is 0.966 bits per heavy atom. The molecule has 0 atom stereocenters. The van der Waals surface area contributed by atoms with E-state index in [1.54, 1.807) is 54.6 Å². The number of hydrazone groups is 1. The molecule has 0 aliphatic carbocycles. The minimum Gasteiger partial charge on any atom is -0.484 e. The maximum absolute atomic E-state index is 12.3. The van der Waals surface area contributed by atoms with E-state index in [1.807, 2.05) is 24.3 Å². The van der Waals surface area contributed by atoms with Crippen LogP contribution < -0.4 is 14.9 Å². The van der Waals surface area contributed by atoms with Crippen molar-refractivity contribution in [1.29, 1.82) is 0 Å². The number of rotatable bonds is 7. The molecule has 1 N–H and O–H groups in total. The Hall–Kier alpha value is -3.45. The number of hydrogen-bond acceptors (Lipinski definition) is 5. The van der Waals surface area contributed by atoms with Gasteiger partial charge in [0.15, 0.2) is 6.61 Å². The summed E-state index contributed by atoms with van der Waals surface area (Å²) < 4.78 is 11.6. The molecule has 6 nitrogen and oxygen atoms in total. The minimum atomic E-state index is -0.483. The second-order valence-corrected chi connectivity index (χ2v) is 6.75. The van der Waals surface area contributed by atoms with Gasteiger partial charge in [-0.1, -0.05) is 52.3 Å². The van der Waals surface area contributed by atoms with E-state index in [0.29, 0.717) is 22.6 Å². The first-order chi connectivity index (χ1) is 14.1. The number of para-hydroxylation sites is 1. The first-order valence-electron chi connectivity index (χ1n) is 8.68. The molecule has 0 aromatic heterocycles. The number of halogens is 1. The van der Waals surface area contributed by atoms with Gasteiger partial charge in [-0.15, -0.1) is 0 Å². The zero-order chi connectivity index (χ0) is 20.5. The van der Waals surface area contributed by atoms with Crippen molar-refractivity contribution in [1.82, 2.24) is 5.43 Å². The average molecular weight is 453 g/mol. The summed E-state index contributed by atoms with van der Waals surface area (Å²) in [7, 11) is 0. The van der Waals surface area contributed by atoms with Crippen LogP contribution in [0.25, 0.3) is 0 Å². The van der Waals surface area contributed by atoms with Crippen molar-refractivity contribution in [3.05, 3.63) is 94.5 Å². The Labute approximate surface area is 176 Å². The van der Waals surface area contributed by atoms with Crippen LogP contribution in [0, 0.1) is 0 Å². The monoisotopic (exact) mass is 452 g/mol. The van der Waals surface area contributed by atoms with E-state index in [-0.39, 0.29) is 6.61 Å². The quantitative estimate of drug-likeness (QED) is 0.252.